The van der Waals surface area contributed by atoms with Crippen LogP contribution in [0.25, 0.3) is 0 Å². The van der Waals surface area contributed by atoms with Crippen molar-refractivity contribution in [2.45, 2.75) is 43.9 Å². The average Bonchev–Trinajstić information content (AvgIpc) is 2.52. The van der Waals surface area contributed by atoms with Gasteiger partial charge in [-0.15, -0.1) is 0 Å². The zero-order valence-electron chi connectivity index (χ0n) is 13.1. The molecule has 1 aromatic carbocycles. The van der Waals surface area contributed by atoms with Crippen molar-refractivity contribution in [3.63, 3.8) is 0 Å². The predicted molar refractivity (Wildman–Crippen MR) is 87.7 cm³/mol. The quantitative estimate of drug-likeness (QED) is 0.874. The minimum atomic E-state index is -0.954. The van der Waals surface area contributed by atoms with Crippen molar-refractivity contribution in [3.8, 4) is 0 Å². The van der Waals surface area contributed by atoms with Crippen LogP contribution in [0.2, 0.25) is 0 Å². The fourth-order valence-corrected chi connectivity index (χ4v) is 3.68. The summed E-state index contributed by atoms with van der Waals surface area (Å²) in [5, 5.41) is 2.97. The van der Waals surface area contributed by atoms with Crippen LogP contribution in [0.1, 0.15) is 44.1 Å². The lowest BCUT2D eigenvalue weighted by Gasteiger charge is -2.38. The van der Waals surface area contributed by atoms with Crippen LogP contribution >= 0.6 is 0 Å². The van der Waals surface area contributed by atoms with Crippen LogP contribution in [0.3, 0.4) is 0 Å². The van der Waals surface area contributed by atoms with Crippen LogP contribution in [0.5, 0.6) is 0 Å². The van der Waals surface area contributed by atoms with E-state index in [9.17, 15) is 13.4 Å². The van der Waals surface area contributed by atoms with E-state index in [1.54, 1.807) is 18.4 Å². The van der Waals surface area contributed by atoms with Crippen molar-refractivity contribution in [1.29, 1.82) is 0 Å². The molecule has 0 aliphatic heterocycles. The Kier molecular flexibility index (Phi) is 6.12. The predicted octanol–water partition coefficient (Wildman–Crippen LogP) is 2.91. The normalized spacial score (nSPS) is 18.6. The third-order valence-electron chi connectivity index (χ3n) is 4.49. The van der Waals surface area contributed by atoms with Crippen molar-refractivity contribution < 1.29 is 13.4 Å². The van der Waals surface area contributed by atoms with E-state index in [0.29, 0.717) is 12.3 Å². The fraction of sp³-hybridized carbons (Fsp3) is 0.588. The van der Waals surface area contributed by atoms with Gasteiger partial charge in [0, 0.05) is 41.2 Å². The molecule has 1 saturated carbocycles. The lowest BCUT2D eigenvalue weighted by atomic mass is 9.69. The van der Waals surface area contributed by atoms with Gasteiger partial charge < -0.3 is 5.32 Å². The monoisotopic (exact) mass is 325 g/mol. The highest BCUT2D eigenvalue weighted by Crippen LogP contribution is 2.39. The summed E-state index contributed by atoms with van der Waals surface area (Å²) in [6, 6.07) is 6.75. The molecule has 22 heavy (non-hydrogen) atoms. The van der Waals surface area contributed by atoms with E-state index in [2.05, 4.69) is 5.32 Å². The zero-order valence-corrected chi connectivity index (χ0v) is 13.9. The van der Waals surface area contributed by atoms with Gasteiger partial charge in [-0.2, -0.15) is 0 Å². The Labute approximate surface area is 134 Å². The van der Waals surface area contributed by atoms with Crippen molar-refractivity contribution >= 4 is 16.7 Å². The third kappa shape index (κ3) is 4.63. The second kappa shape index (κ2) is 7.86. The summed E-state index contributed by atoms with van der Waals surface area (Å²) in [7, 11) is -0.954. The summed E-state index contributed by atoms with van der Waals surface area (Å²) < 4.78 is 24.6. The first-order chi connectivity index (χ1) is 10.5. The van der Waals surface area contributed by atoms with Crippen molar-refractivity contribution in [3.05, 3.63) is 35.6 Å². The van der Waals surface area contributed by atoms with Crippen LogP contribution in [-0.2, 0) is 21.0 Å². The van der Waals surface area contributed by atoms with Crippen molar-refractivity contribution in [2.75, 3.05) is 18.6 Å². The van der Waals surface area contributed by atoms with Crippen molar-refractivity contribution in [2.24, 2.45) is 0 Å². The Morgan fingerprint density at radius 2 is 2.05 bits per heavy atom. The maximum atomic E-state index is 13.6. The van der Waals surface area contributed by atoms with Gasteiger partial charge in [-0.05, 0) is 30.5 Å². The van der Waals surface area contributed by atoms with E-state index in [-0.39, 0.29) is 23.6 Å². The molecule has 1 aromatic rings. The molecule has 3 nitrogen and oxygen atoms in total. The molecule has 5 heteroatoms. The van der Waals surface area contributed by atoms with Crippen molar-refractivity contribution in [1.82, 2.24) is 5.32 Å². The minimum Gasteiger partial charge on any atom is -0.355 e. The molecule has 0 aromatic heterocycles. The van der Waals surface area contributed by atoms with E-state index in [0.717, 1.165) is 31.2 Å². The molecular formula is C17H24FNO2S. The molecule has 0 spiro atoms. The minimum absolute atomic E-state index is 0.0726. The number of hydrogen-bond donors (Lipinski definition) is 1. The Morgan fingerprint density at radius 1 is 1.32 bits per heavy atom. The van der Waals surface area contributed by atoms with E-state index in [1.807, 2.05) is 6.07 Å². The summed E-state index contributed by atoms with van der Waals surface area (Å²) >= 11 is 0. The first-order valence-electron chi connectivity index (χ1n) is 7.85. The molecule has 0 radical (unpaired) electrons. The second-order valence-corrected chi connectivity index (χ2v) is 7.71. The Morgan fingerprint density at radius 3 is 2.68 bits per heavy atom. The zero-order chi connectivity index (χ0) is 16.0. The van der Waals surface area contributed by atoms with Gasteiger partial charge in [0.25, 0.3) is 0 Å². The molecule has 1 aliphatic rings. The third-order valence-corrected chi connectivity index (χ3v) is 5.27. The number of halogens is 1. The Bertz CT molecular complexity index is 541. The van der Waals surface area contributed by atoms with E-state index in [4.69, 9.17) is 0 Å². The summed E-state index contributed by atoms with van der Waals surface area (Å²) in [5.41, 5.74) is 0.813. The second-order valence-electron chi connectivity index (χ2n) is 6.16. The molecule has 1 unspecified atom stereocenters. The summed E-state index contributed by atoms with van der Waals surface area (Å²) in [6.45, 7) is 0.533. The number of rotatable bonds is 6. The molecule has 2 rings (SSSR count). The van der Waals surface area contributed by atoms with Gasteiger partial charge in [0.1, 0.15) is 5.82 Å². The van der Waals surface area contributed by atoms with E-state index < -0.39 is 10.8 Å². The number of benzene rings is 1. The molecule has 1 fully saturated rings. The van der Waals surface area contributed by atoms with Crippen LogP contribution in [0, 0.1) is 5.82 Å². The molecule has 0 saturated heterocycles. The summed E-state index contributed by atoms with van der Waals surface area (Å²) in [4.78, 5) is 11.9. The van der Waals surface area contributed by atoms with Gasteiger partial charge in [-0.25, -0.2) is 4.39 Å². The lowest BCUT2D eigenvalue weighted by molar-refractivity contribution is -0.121. The number of carbonyl (C=O) groups excluding carboxylic acids is 1. The first kappa shape index (κ1) is 17.1. The number of hydrogen-bond acceptors (Lipinski definition) is 2. The summed E-state index contributed by atoms with van der Waals surface area (Å²) in [6.07, 6.45) is 7.22. The average molecular weight is 325 g/mol. The Balaban J connectivity index is 2.06. The number of nitrogens with one attached hydrogen (secondary N) is 1. The molecule has 0 bridgehead atoms. The topological polar surface area (TPSA) is 46.2 Å². The van der Waals surface area contributed by atoms with Gasteiger partial charge in [-0.3, -0.25) is 9.00 Å². The fourth-order valence-electron chi connectivity index (χ4n) is 3.21. The van der Waals surface area contributed by atoms with Crippen LogP contribution in [0.4, 0.5) is 4.39 Å². The molecule has 122 valence electrons. The first-order valence-corrected chi connectivity index (χ1v) is 9.57. The lowest BCUT2D eigenvalue weighted by Crippen LogP contribution is -2.42. The van der Waals surface area contributed by atoms with Gasteiger partial charge in [0.05, 0.1) is 0 Å². The highest BCUT2D eigenvalue weighted by atomic mass is 32.2. The maximum absolute atomic E-state index is 13.6. The van der Waals surface area contributed by atoms with E-state index >= 15 is 0 Å². The molecular weight excluding hydrogens is 301 g/mol. The summed E-state index contributed by atoms with van der Waals surface area (Å²) in [5.74, 6) is 0.0884. The van der Waals surface area contributed by atoms with Crippen LogP contribution in [0.15, 0.2) is 24.3 Å². The Hall–Kier alpha value is -1.23. The molecule has 1 aliphatic carbocycles. The molecule has 0 heterocycles. The number of carbonyl (C=O) groups is 1. The van der Waals surface area contributed by atoms with E-state index in [1.165, 1.54) is 12.5 Å². The van der Waals surface area contributed by atoms with Gasteiger partial charge in [0.15, 0.2) is 0 Å². The van der Waals surface area contributed by atoms with Gasteiger partial charge in [-0.1, -0.05) is 31.4 Å². The number of amides is 1. The van der Waals surface area contributed by atoms with Gasteiger partial charge >= 0.3 is 0 Å². The molecule has 1 atom stereocenters. The standard InChI is InChI=1S/C17H24FNO2S/c1-22(21)11-8-16(20)19-13-17(9-3-2-4-10-17)14-6-5-7-15(18)12-14/h5-7,12H,2-4,8-11,13H2,1H3,(H,19,20). The highest BCUT2D eigenvalue weighted by Gasteiger charge is 2.34. The smallest absolute Gasteiger partial charge is 0.220 e. The van der Waals surface area contributed by atoms with Gasteiger partial charge in [0.2, 0.25) is 5.91 Å². The molecule has 1 amide bonds. The largest absolute Gasteiger partial charge is 0.355 e. The van der Waals surface area contributed by atoms with Crippen LogP contribution in [-0.4, -0.2) is 28.7 Å². The highest BCUT2D eigenvalue weighted by molar-refractivity contribution is 7.84. The maximum Gasteiger partial charge on any atom is 0.220 e. The molecule has 1 N–H and O–H groups in total. The van der Waals surface area contributed by atoms with Crippen LogP contribution < -0.4 is 5.32 Å². The SMILES string of the molecule is CS(=O)CCC(=O)NCC1(c2cccc(F)c2)CCCCC1.